The molecule has 0 unspecified atom stereocenters. The van der Waals surface area contributed by atoms with Crippen molar-refractivity contribution >= 4 is 6.03 Å². The first-order chi connectivity index (χ1) is 7.27. The van der Waals surface area contributed by atoms with E-state index in [1.165, 1.54) is 12.8 Å². The molecule has 0 saturated carbocycles. The van der Waals surface area contributed by atoms with Gasteiger partial charge in [0.1, 0.15) is 0 Å². The number of carbonyl (C=O) groups excluding carboxylic acids is 1. The number of nitrogens with one attached hydrogen (secondary N) is 2. The molecule has 1 aliphatic rings. The Morgan fingerprint density at radius 1 is 1.47 bits per heavy atom. The number of carbonyl (C=O) groups is 1. The van der Waals surface area contributed by atoms with Gasteiger partial charge in [-0.2, -0.15) is 0 Å². The summed E-state index contributed by atoms with van der Waals surface area (Å²) in [6.45, 7) is 8.91. The highest BCUT2D eigenvalue weighted by Crippen LogP contribution is 2.04. The van der Waals surface area contributed by atoms with Crippen molar-refractivity contribution in [1.29, 1.82) is 0 Å². The maximum Gasteiger partial charge on any atom is 0.317 e. The van der Waals surface area contributed by atoms with Crippen molar-refractivity contribution in [3.05, 3.63) is 0 Å². The average Bonchev–Trinajstić information content (AvgIpc) is 2.65. The minimum Gasteiger partial charge on any atom is -0.336 e. The Morgan fingerprint density at radius 2 is 2.20 bits per heavy atom. The van der Waals surface area contributed by atoms with E-state index in [0.29, 0.717) is 0 Å². The summed E-state index contributed by atoms with van der Waals surface area (Å²) >= 11 is 0. The van der Waals surface area contributed by atoms with E-state index in [2.05, 4.69) is 24.5 Å². The highest BCUT2D eigenvalue weighted by Gasteiger charge is 2.18. The summed E-state index contributed by atoms with van der Waals surface area (Å²) in [5.41, 5.74) is 0. The summed E-state index contributed by atoms with van der Waals surface area (Å²) in [6.07, 6.45) is 2.46. The van der Waals surface area contributed by atoms with Gasteiger partial charge in [-0.15, -0.1) is 0 Å². The molecule has 0 radical (unpaired) electrons. The van der Waals surface area contributed by atoms with Gasteiger partial charge < -0.3 is 15.5 Å². The second-order valence-electron chi connectivity index (χ2n) is 4.11. The lowest BCUT2D eigenvalue weighted by atomic mass is 10.0. The third-order valence-corrected chi connectivity index (χ3v) is 3.09. The smallest absolute Gasteiger partial charge is 0.317 e. The molecule has 1 saturated heterocycles. The quantitative estimate of drug-likeness (QED) is 0.621. The molecule has 0 atom stereocenters. The number of hydrogen-bond donors (Lipinski definition) is 2. The topological polar surface area (TPSA) is 44.4 Å². The fourth-order valence-electron chi connectivity index (χ4n) is 1.82. The van der Waals surface area contributed by atoms with Crippen LogP contribution in [0.25, 0.3) is 0 Å². The van der Waals surface area contributed by atoms with E-state index in [9.17, 15) is 4.79 Å². The first-order valence-electron chi connectivity index (χ1n) is 6.01. The van der Waals surface area contributed by atoms with Crippen molar-refractivity contribution in [3.8, 4) is 0 Å². The molecule has 88 valence electrons. The van der Waals surface area contributed by atoms with Gasteiger partial charge in [0.25, 0.3) is 0 Å². The molecule has 1 fully saturated rings. The zero-order valence-electron chi connectivity index (χ0n) is 9.88. The van der Waals surface area contributed by atoms with E-state index in [4.69, 9.17) is 0 Å². The van der Waals surface area contributed by atoms with E-state index in [0.717, 1.165) is 38.6 Å². The van der Waals surface area contributed by atoms with Crippen LogP contribution in [-0.4, -0.2) is 43.7 Å². The molecule has 0 aromatic rings. The van der Waals surface area contributed by atoms with Gasteiger partial charge in [0.05, 0.1) is 0 Å². The number of amides is 2. The van der Waals surface area contributed by atoms with Gasteiger partial charge in [-0.1, -0.05) is 26.7 Å². The Balaban J connectivity index is 2.03. The van der Waals surface area contributed by atoms with Crippen LogP contribution in [0.1, 0.15) is 26.7 Å². The molecule has 15 heavy (non-hydrogen) atoms. The largest absolute Gasteiger partial charge is 0.336 e. The monoisotopic (exact) mass is 213 g/mol. The van der Waals surface area contributed by atoms with Crippen molar-refractivity contribution < 1.29 is 4.79 Å². The second-order valence-corrected chi connectivity index (χ2v) is 4.11. The number of hydrogen-bond acceptors (Lipinski definition) is 2. The van der Waals surface area contributed by atoms with Crippen molar-refractivity contribution in [2.75, 3.05) is 32.7 Å². The fourth-order valence-corrected chi connectivity index (χ4v) is 1.82. The normalized spacial score (nSPS) is 16.2. The lowest BCUT2D eigenvalue weighted by molar-refractivity contribution is 0.217. The molecular weight excluding hydrogens is 190 g/mol. The highest BCUT2D eigenvalue weighted by molar-refractivity contribution is 5.76. The molecule has 0 bridgehead atoms. The van der Waals surface area contributed by atoms with Crippen LogP contribution in [0.3, 0.4) is 0 Å². The van der Waals surface area contributed by atoms with Gasteiger partial charge in [0.15, 0.2) is 0 Å². The summed E-state index contributed by atoms with van der Waals surface area (Å²) in [5.74, 6) is 0.775. The third-order valence-electron chi connectivity index (χ3n) is 3.09. The van der Waals surface area contributed by atoms with E-state index < -0.39 is 0 Å². The van der Waals surface area contributed by atoms with Crippen LogP contribution < -0.4 is 10.6 Å². The lowest BCUT2D eigenvalue weighted by Crippen LogP contribution is -2.36. The first kappa shape index (κ1) is 12.3. The van der Waals surface area contributed by atoms with Crippen LogP contribution in [0.2, 0.25) is 0 Å². The van der Waals surface area contributed by atoms with Crippen molar-refractivity contribution in [1.82, 2.24) is 15.5 Å². The van der Waals surface area contributed by atoms with Gasteiger partial charge in [-0.05, 0) is 12.5 Å². The Bertz CT molecular complexity index is 192. The molecule has 0 spiro atoms. The SMILES string of the molecule is CCC(CC)CNCCN1CCNC1=O. The summed E-state index contributed by atoms with van der Waals surface area (Å²) < 4.78 is 0. The predicted molar refractivity (Wildman–Crippen MR) is 61.9 cm³/mol. The van der Waals surface area contributed by atoms with Crippen molar-refractivity contribution in [3.63, 3.8) is 0 Å². The fraction of sp³-hybridized carbons (Fsp3) is 0.909. The Labute approximate surface area is 92.4 Å². The minimum absolute atomic E-state index is 0.0827. The molecule has 2 amide bonds. The van der Waals surface area contributed by atoms with Gasteiger partial charge in [0.2, 0.25) is 0 Å². The van der Waals surface area contributed by atoms with Crippen molar-refractivity contribution in [2.45, 2.75) is 26.7 Å². The molecule has 4 heteroatoms. The number of urea groups is 1. The molecule has 4 nitrogen and oxygen atoms in total. The van der Waals surface area contributed by atoms with E-state index in [1.54, 1.807) is 0 Å². The van der Waals surface area contributed by atoms with Gasteiger partial charge in [-0.25, -0.2) is 4.79 Å². The predicted octanol–water partition coefficient (Wildman–Crippen LogP) is 1.04. The van der Waals surface area contributed by atoms with Crippen LogP contribution in [0, 0.1) is 5.92 Å². The zero-order chi connectivity index (χ0) is 11.1. The van der Waals surface area contributed by atoms with Gasteiger partial charge in [0, 0.05) is 26.2 Å². The van der Waals surface area contributed by atoms with Gasteiger partial charge in [-0.3, -0.25) is 0 Å². The summed E-state index contributed by atoms with van der Waals surface area (Å²) in [5, 5.41) is 6.21. The Kier molecular flexibility index (Phi) is 5.47. The third kappa shape index (κ3) is 4.08. The number of rotatable bonds is 7. The summed E-state index contributed by atoms with van der Waals surface area (Å²) in [6, 6.07) is 0.0827. The van der Waals surface area contributed by atoms with Crippen LogP contribution in [-0.2, 0) is 0 Å². The van der Waals surface area contributed by atoms with Crippen LogP contribution in [0.4, 0.5) is 4.79 Å². The zero-order valence-corrected chi connectivity index (χ0v) is 9.88. The Morgan fingerprint density at radius 3 is 2.73 bits per heavy atom. The molecular formula is C11H23N3O. The van der Waals surface area contributed by atoms with E-state index in [1.807, 2.05) is 4.90 Å². The molecule has 0 aliphatic carbocycles. The maximum absolute atomic E-state index is 11.2. The molecule has 1 aliphatic heterocycles. The standard InChI is InChI=1S/C11H23N3O/c1-3-10(4-2)9-12-5-7-14-8-6-13-11(14)15/h10,12H,3-9H2,1-2H3,(H,13,15). The average molecular weight is 213 g/mol. The van der Waals surface area contributed by atoms with Gasteiger partial charge >= 0.3 is 6.03 Å². The highest BCUT2D eigenvalue weighted by atomic mass is 16.2. The summed E-state index contributed by atoms with van der Waals surface area (Å²) in [4.78, 5) is 13.1. The minimum atomic E-state index is 0.0827. The molecule has 0 aromatic carbocycles. The second kappa shape index (κ2) is 6.67. The van der Waals surface area contributed by atoms with Crippen molar-refractivity contribution in [2.24, 2.45) is 5.92 Å². The lowest BCUT2D eigenvalue weighted by Gasteiger charge is -2.17. The first-order valence-corrected chi connectivity index (χ1v) is 6.01. The molecule has 0 aromatic heterocycles. The van der Waals surface area contributed by atoms with Crippen LogP contribution in [0.5, 0.6) is 0 Å². The maximum atomic E-state index is 11.2. The van der Waals surface area contributed by atoms with E-state index in [-0.39, 0.29) is 6.03 Å². The van der Waals surface area contributed by atoms with Crippen LogP contribution >= 0.6 is 0 Å². The Hall–Kier alpha value is -0.770. The summed E-state index contributed by atoms with van der Waals surface area (Å²) in [7, 11) is 0. The van der Waals surface area contributed by atoms with Crippen LogP contribution in [0.15, 0.2) is 0 Å². The number of nitrogens with zero attached hydrogens (tertiary/aromatic N) is 1. The molecule has 1 heterocycles. The molecule has 1 rings (SSSR count). The molecule has 2 N–H and O–H groups in total. The van der Waals surface area contributed by atoms with E-state index >= 15 is 0 Å².